The molecule has 0 saturated carbocycles. The Morgan fingerprint density at radius 3 is 2.50 bits per heavy atom. The van der Waals surface area contributed by atoms with Crippen molar-refractivity contribution in [1.29, 1.82) is 0 Å². The van der Waals surface area contributed by atoms with Gasteiger partial charge < -0.3 is 5.32 Å². The number of nitrogens with zero attached hydrogens (tertiary/aromatic N) is 4. The van der Waals surface area contributed by atoms with Crippen molar-refractivity contribution in [1.82, 2.24) is 24.9 Å². The Morgan fingerprint density at radius 1 is 1.12 bits per heavy atom. The molecule has 0 atom stereocenters. The van der Waals surface area contributed by atoms with Gasteiger partial charge in [0.15, 0.2) is 5.82 Å². The Kier molecular flexibility index (Phi) is 4.92. The molecule has 0 spiro atoms. The highest BCUT2D eigenvalue weighted by molar-refractivity contribution is 5.75. The molecule has 2 aromatic heterocycles. The Morgan fingerprint density at radius 2 is 1.85 bits per heavy atom. The maximum absolute atomic E-state index is 12.9. The summed E-state index contributed by atoms with van der Waals surface area (Å²) in [5.74, 6) is -0.243. The van der Waals surface area contributed by atoms with Crippen LogP contribution in [0.2, 0.25) is 0 Å². The number of nitrogens with one attached hydrogen (secondary N) is 1. The van der Waals surface area contributed by atoms with Crippen LogP contribution in [0.25, 0.3) is 5.82 Å². The summed E-state index contributed by atoms with van der Waals surface area (Å²) < 4.78 is 15.6. The molecule has 3 rings (SSSR count). The summed E-state index contributed by atoms with van der Waals surface area (Å²) in [4.78, 5) is 24.1. The van der Waals surface area contributed by atoms with Crippen molar-refractivity contribution in [2.24, 2.45) is 0 Å². The zero-order chi connectivity index (χ0) is 18.7. The number of carbonyl (C=O) groups excluding carboxylic acids is 1. The van der Waals surface area contributed by atoms with Crippen molar-refractivity contribution < 1.29 is 9.18 Å². The first-order valence-electron chi connectivity index (χ1n) is 8.05. The van der Waals surface area contributed by atoms with Gasteiger partial charge in [0.25, 0.3) is 5.56 Å². The van der Waals surface area contributed by atoms with Gasteiger partial charge in [-0.05, 0) is 43.7 Å². The van der Waals surface area contributed by atoms with E-state index < -0.39 is 0 Å². The number of amides is 1. The monoisotopic (exact) mass is 355 g/mol. The van der Waals surface area contributed by atoms with Crippen LogP contribution in [0.4, 0.5) is 4.39 Å². The Bertz CT molecular complexity index is 992. The van der Waals surface area contributed by atoms with Gasteiger partial charge in [0.2, 0.25) is 5.91 Å². The highest BCUT2D eigenvalue weighted by Crippen LogP contribution is 2.07. The number of hydrogen-bond acceptors (Lipinski definition) is 4. The summed E-state index contributed by atoms with van der Waals surface area (Å²) >= 11 is 0. The van der Waals surface area contributed by atoms with E-state index in [9.17, 15) is 14.0 Å². The highest BCUT2D eigenvalue weighted by Gasteiger charge is 2.10. The molecule has 0 aliphatic carbocycles. The minimum Gasteiger partial charge on any atom is -0.350 e. The SMILES string of the molecule is Cc1cc(C)n(-c2ccc(=O)n(CC(=O)NCc3ccc(F)cc3)n2)n1. The minimum atomic E-state index is -0.382. The van der Waals surface area contributed by atoms with E-state index in [2.05, 4.69) is 15.5 Å². The maximum Gasteiger partial charge on any atom is 0.267 e. The van der Waals surface area contributed by atoms with Crippen LogP contribution < -0.4 is 10.9 Å². The molecule has 0 fully saturated rings. The van der Waals surface area contributed by atoms with Crippen LogP contribution in [-0.2, 0) is 17.9 Å². The molecule has 8 heteroatoms. The third kappa shape index (κ3) is 4.02. The Balaban J connectivity index is 1.71. The molecule has 0 bridgehead atoms. The lowest BCUT2D eigenvalue weighted by Crippen LogP contribution is -2.33. The maximum atomic E-state index is 12.9. The summed E-state index contributed by atoms with van der Waals surface area (Å²) in [5, 5.41) is 11.2. The molecule has 0 unspecified atom stereocenters. The zero-order valence-electron chi connectivity index (χ0n) is 14.4. The van der Waals surface area contributed by atoms with Gasteiger partial charge in [0, 0.05) is 18.3 Å². The molecular formula is C18H18FN5O2. The highest BCUT2D eigenvalue weighted by atomic mass is 19.1. The second-order valence-corrected chi connectivity index (χ2v) is 5.93. The van der Waals surface area contributed by atoms with E-state index in [1.54, 1.807) is 22.9 Å². The second kappa shape index (κ2) is 7.30. The van der Waals surface area contributed by atoms with Crippen LogP contribution in [0.1, 0.15) is 17.0 Å². The molecule has 0 saturated heterocycles. The largest absolute Gasteiger partial charge is 0.350 e. The third-order valence-corrected chi connectivity index (χ3v) is 3.78. The van der Waals surface area contributed by atoms with Crippen molar-refractivity contribution in [3.63, 3.8) is 0 Å². The number of benzene rings is 1. The van der Waals surface area contributed by atoms with E-state index >= 15 is 0 Å². The predicted molar refractivity (Wildman–Crippen MR) is 93.3 cm³/mol. The smallest absolute Gasteiger partial charge is 0.267 e. The molecule has 3 aromatic rings. The predicted octanol–water partition coefficient (Wildman–Crippen LogP) is 1.50. The lowest BCUT2D eigenvalue weighted by molar-refractivity contribution is -0.122. The van der Waals surface area contributed by atoms with Crippen LogP contribution >= 0.6 is 0 Å². The van der Waals surface area contributed by atoms with Crippen molar-refractivity contribution in [3.05, 3.63) is 75.6 Å². The minimum absolute atomic E-state index is 0.215. The average molecular weight is 355 g/mol. The van der Waals surface area contributed by atoms with Crippen LogP contribution in [0.15, 0.2) is 47.3 Å². The second-order valence-electron chi connectivity index (χ2n) is 5.93. The average Bonchev–Trinajstić information content (AvgIpc) is 2.95. The molecule has 0 radical (unpaired) electrons. The molecule has 0 aliphatic heterocycles. The van der Waals surface area contributed by atoms with E-state index in [-0.39, 0.29) is 30.4 Å². The molecule has 7 nitrogen and oxygen atoms in total. The van der Waals surface area contributed by atoms with Gasteiger partial charge in [-0.1, -0.05) is 12.1 Å². The van der Waals surface area contributed by atoms with Gasteiger partial charge >= 0.3 is 0 Å². The first kappa shape index (κ1) is 17.5. The van der Waals surface area contributed by atoms with E-state index in [4.69, 9.17) is 0 Å². The fraction of sp³-hybridized carbons (Fsp3) is 0.222. The standard InChI is InChI=1S/C18H18FN5O2/c1-12-9-13(2)24(21-12)16-7-8-18(26)23(22-16)11-17(25)20-10-14-3-5-15(19)6-4-14/h3-9H,10-11H2,1-2H3,(H,20,25). The molecule has 0 aliphatic rings. The lowest BCUT2D eigenvalue weighted by Gasteiger charge is -2.09. The zero-order valence-corrected chi connectivity index (χ0v) is 14.4. The van der Waals surface area contributed by atoms with Gasteiger partial charge in [0.1, 0.15) is 12.4 Å². The van der Waals surface area contributed by atoms with Gasteiger partial charge in [-0.25, -0.2) is 13.8 Å². The van der Waals surface area contributed by atoms with Gasteiger partial charge in [0.05, 0.1) is 5.69 Å². The summed E-state index contributed by atoms with van der Waals surface area (Å²) in [7, 11) is 0. The molecule has 1 aromatic carbocycles. The number of rotatable bonds is 5. The number of aryl methyl sites for hydroxylation is 2. The van der Waals surface area contributed by atoms with Crippen molar-refractivity contribution in [2.75, 3.05) is 0 Å². The quantitative estimate of drug-likeness (QED) is 0.752. The van der Waals surface area contributed by atoms with Gasteiger partial charge in [-0.2, -0.15) is 5.10 Å². The molecule has 26 heavy (non-hydrogen) atoms. The van der Waals surface area contributed by atoms with Crippen molar-refractivity contribution in [3.8, 4) is 5.82 Å². The van der Waals surface area contributed by atoms with Crippen LogP contribution in [-0.4, -0.2) is 25.5 Å². The normalized spacial score (nSPS) is 10.7. The number of aromatic nitrogens is 4. The Labute approximate surface area is 149 Å². The first-order chi connectivity index (χ1) is 12.4. The third-order valence-electron chi connectivity index (χ3n) is 3.78. The number of carbonyl (C=O) groups is 1. The molecule has 2 heterocycles. The van der Waals surface area contributed by atoms with Crippen LogP contribution in [0.3, 0.4) is 0 Å². The first-order valence-corrected chi connectivity index (χ1v) is 8.05. The summed E-state index contributed by atoms with van der Waals surface area (Å²) in [6, 6.07) is 10.6. The van der Waals surface area contributed by atoms with E-state index in [0.29, 0.717) is 5.82 Å². The van der Waals surface area contributed by atoms with Gasteiger partial charge in [-0.3, -0.25) is 9.59 Å². The summed E-state index contributed by atoms with van der Waals surface area (Å²) in [6.45, 7) is 3.77. The van der Waals surface area contributed by atoms with Crippen molar-refractivity contribution >= 4 is 5.91 Å². The molecule has 134 valence electrons. The molecule has 1 amide bonds. The fourth-order valence-corrected chi connectivity index (χ4v) is 2.52. The fourth-order valence-electron chi connectivity index (χ4n) is 2.52. The number of halogens is 1. The molecule has 1 N–H and O–H groups in total. The summed E-state index contributed by atoms with van der Waals surface area (Å²) in [6.07, 6.45) is 0. The van der Waals surface area contributed by atoms with Gasteiger partial charge in [-0.15, -0.1) is 5.10 Å². The number of hydrogen-bond donors (Lipinski definition) is 1. The topological polar surface area (TPSA) is 81.8 Å². The van der Waals surface area contributed by atoms with E-state index in [0.717, 1.165) is 21.6 Å². The van der Waals surface area contributed by atoms with E-state index in [1.807, 2.05) is 19.9 Å². The van der Waals surface area contributed by atoms with E-state index in [1.165, 1.54) is 18.2 Å². The molecular weight excluding hydrogens is 337 g/mol. The summed E-state index contributed by atoms with van der Waals surface area (Å²) in [5.41, 5.74) is 2.09. The van der Waals surface area contributed by atoms with Crippen molar-refractivity contribution in [2.45, 2.75) is 26.9 Å². The lowest BCUT2D eigenvalue weighted by atomic mass is 10.2. The van der Waals surface area contributed by atoms with Crippen LogP contribution in [0, 0.1) is 19.7 Å². The Hall–Kier alpha value is -3.29. The van der Waals surface area contributed by atoms with Crippen LogP contribution in [0.5, 0.6) is 0 Å².